The van der Waals surface area contributed by atoms with Crippen molar-refractivity contribution < 1.29 is 10.2 Å². The molecule has 0 atom stereocenters. The quantitative estimate of drug-likeness (QED) is 0.637. The summed E-state index contributed by atoms with van der Waals surface area (Å²) in [5.74, 6) is 0. The standard InChI is InChI=1S/C16H13Cl2NO2/c17-12-3-1-9(14(18)7-12)5-11-8-19-15-4-2-10(16(20)21)6-13(11)15/h1-4,6-8,16,19-21H,5H2. The molecule has 0 amide bonds. The molecule has 3 N–H and O–H groups in total. The van der Waals surface area contributed by atoms with Crippen LogP contribution in [-0.2, 0) is 6.42 Å². The van der Waals surface area contributed by atoms with E-state index in [0.717, 1.165) is 22.0 Å². The molecule has 0 radical (unpaired) electrons. The van der Waals surface area contributed by atoms with Gasteiger partial charge in [0.25, 0.3) is 0 Å². The summed E-state index contributed by atoms with van der Waals surface area (Å²) >= 11 is 12.1. The van der Waals surface area contributed by atoms with Crippen LogP contribution >= 0.6 is 23.2 Å². The molecule has 3 rings (SSSR count). The first-order valence-corrected chi connectivity index (χ1v) is 7.20. The molecule has 0 bridgehead atoms. The molecule has 0 aliphatic rings. The number of aromatic amines is 1. The van der Waals surface area contributed by atoms with Crippen molar-refractivity contribution in [1.82, 2.24) is 4.98 Å². The molecule has 0 saturated heterocycles. The van der Waals surface area contributed by atoms with Gasteiger partial charge in [0.1, 0.15) is 0 Å². The second-order valence-electron chi connectivity index (χ2n) is 4.91. The Bertz CT molecular complexity index is 796. The Kier molecular flexibility index (Phi) is 3.91. The lowest BCUT2D eigenvalue weighted by Gasteiger charge is -2.06. The van der Waals surface area contributed by atoms with Crippen molar-refractivity contribution in [2.45, 2.75) is 12.7 Å². The van der Waals surface area contributed by atoms with Gasteiger partial charge in [-0.2, -0.15) is 0 Å². The SMILES string of the molecule is OC(O)c1ccc2[nH]cc(Cc3ccc(Cl)cc3Cl)c2c1. The number of H-pyrrole nitrogens is 1. The average Bonchev–Trinajstić information content (AvgIpc) is 2.84. The molecule has 1 heterocycles. The molecule has 21 heavy (non-hydrogen) atoms. The molecule has 1 aromatic heterocycles. The van der Waals surface area contributed by atoms with Gasteiger partial charge >= 0.3 is 0 Å². The third-order valence-electron chi connectivity index (χ3n) is 3.49. The monoisotopic (exact) mass is 321 g/mol. The number of benzene rings is 2. The van der Waals surface area contributed by atoms with E-state index < -0.39 is 6.29 Å². The lowest BCUT2D eigenvalue weighted by Crippen LogP contribution is -1.94. The topological polar surface area (TPSA) is 56.2 Å². The van der Waals surface area contributed by atoms with Gasteiger partial charge in [0.05, 0.1) is 0 Å². The summed E-state index contributed by atoms with van der Waals surface area (Å²) in [7, 11) is 0. The van der Waals surface area contributed by atoms with E-state index in [9.17, 15) is 10.2 Å². The summed E-state index contributed by atoms with van der Waals surface area (Å²) in [5, 5.41) is 20.7. The summed E-state index contributed by atoms with van der Waals surface area (Å²) in [6.07, 6.45) is 1.07. The fourth-order valence-corrected chi connectivity index (χ4v) is 2.85. The molecule has 0 aliphatic carbocycles. The van der Waals surface area contributed by atoms with Gasteiger partial charge in [0.2, 0.25) is 0 Å². The number of hydrogen-bond acceptors (Lipinski definition) is 2. The number of aliphatic hydroxyl groups is 2. The van der Waals surface area contributed by atoms with E-state index in [2.05, 4.69) is 4.98 Å². The second-order valence-corrected chi connectivity index (χ2v) is 5.75. The van der Waals surface area contributed by atoms with Crippen molar-refractivity contribution in [3.8, 4) is 0 Å². The van der Waals surface area contributed by atoms with E-state index in [-0.39, 0.29) is 0 Å². The van der Waals surface area contributed by atoms with Gasteiger partial charge in [0, 0.05) is 39.1 Å². The second kappa shape index (κ2) is 5.70. The van der Waals surface area contributed by atoms with Crippen molar-refractivity contribution >= 4 is 34.1 Å². The number of rotatable bonds is 3. The largest absolute Gasteiger partial charge is 0.364 e. The number of fused-ring (bicyclic) bond motifs is 1. The maximum Gasteiger partial charge on any atom is 0.178 e. The molecule has 108 valence electrons. The Hall–Kier alpha value is -1.52. The summed E-state index contributed by atoms with van der Waals surface area (Å²) in [5.41, 5.74) is 3.42. The number of aliphatic hydroxyl groups excluding tert-OH is 1. The lowest BCUT2D eigenvalue weighted by atomic mass is 10.0. The fraction of sp³-hybridized carbons (Fsp3) is 0.125. The minimum absolute atomic E-state index is 0.463. The number of aromatic nitrogens is 1. The maximum atomic E-state index is 9.29. The summed E-state index contributed by atoms with van der Waals surface area (Å²) in [4.78, 5) is 3.17. The van der Waals surface area contributed by atoms with Crippen LogP contribution in [0.15, 0.2) is 42.6 Å². The zero-order valence-electron chi connectivity index (χ0n) is 11.0. The van der Waals surface area contributed by atoms with Crippen LogP contribution in [0.4, 0.5) is 0 Å². The normalized spacial score (nSPS) is 11.5. The number of hydrogen-bond donors (Lipinski definition) is 3. The summed E-state index contributed by atoms with van der Waals surface area (Å²) in [6, 6.07) is 10.7. The minimum atomic E-state index is -1.48. The van der Waals surface area contributed by atoms with Crippen LogP contribution in [0.25, 0.3) is 10.9 Å². The summed E-state index contributed by atoms with van der Waals surface area (Å²) in [6.45, 7) is 0. The number of nitrogens with one attached hydrogen (secondary N) is 1. The van der Waals surface area contributed by atoms with Crippen molar-refractivity contribution in [1.29, 1.82) is 0 Å². The smallest absolute Gasteiger partial charge is 0.178 e. The molecule has 0 fully saturated rings. The Morgan fingerprint density at radius 2 is 1.81 bits per heavy atom. The fourth-order valence-electron chi connectivity index (χ4n) is 2.37. The molecular weight excluding hydrogens is 309 g/mol. The van der Waals surface area contributed by atoms with Gasteiger partial charge in [-0.05, 0) is 35.4 Å². The van der Waals surface area contributed by atoms with Crippen molar-refractivity contribution in [2.75, 3.05) is 0 Å². The highest BCUT2D eigenvalue weighted by Crippen LogP contribution is 2.28. The summed E-state index contributed by atoms with van der Waals surface area (Å²) < 4.78 is 0. The van der Waals surface area contributed by atoms with Gasteiger partial charge in [-0.15, -0.1) is 0 Å². The predicted molar refractivity (Wildman–Crippen MR) is 84.7 cm³/mol. The highest BCUT2D eigenvalue weighted by Gasteiger charge is 2.10. The third kappa shape index (κ3) is 2.92. The predicted octanol–water partition coefficient (Wildman–Crippen LogP) is 4.05. The Morgan fingerprint density at radius 3 is 2.52 bits per heavy atom. The van der Waals surface area contributed by atoms with Crippen LogP contribution in [-0.4, -0.2) is 15.2 Å². The first-order valence-electron chi connectivity index (χ1n) is 6.44. The van der Waals surface area contributed by atoms with E-state index in [4.69, 9.17) is 23.2 Å². The average molecular weight is 322 g/mol. The van der Waals surface area contributed by atoms with Gasteiger partial charge in [-0.3, -0.25) is 0 Å². The van der Waals surface area contributed by atoms with E-state index >= 15 is 0 Å². The van der Waals surface area contributed by atoms with E-state index in [1.54, 1.807) is 24.3 Å². The Morgan fingerprint density at radius 1 is 1.00 bits per heavy atom. The van der Waals surface area contributed by atoms with Crippen LogP contribution in [0.1, 0.15) is 23.0 Å². The van der Waals surface area contributed by atoms with Crippen molar-refractivity contribution in [2.24, 2.45) is 0 Å². The molecule has 0 unspecified atom stereocenters. The first-order chi connectivity index (χ1) is 10.0. The molecule has 0 saturated carbocycles. The molecule has 5 heteroatoms. The molecule has 3 aromatic rings. The van der Waals surface area contributed by atoms with Gasteiger partial charge in [-0.1, -0.05) is 35.3 Å². The minimum Gasteiger partial charge on any atom is -0.364 e. The van der Waals surface area contributed by atoms with Gasteiger partial charge in [-0.25, -0.2) is 0 Å². The van der Waals surface area contributed by atoms with E-state index in [0.29, 0.717) is 22.0 Å². The van der Waals surface area contributed by atoms with Crippen LogP contribution in [0, 0.1) is 0 Å². The van der Waals surface area contributed by atoms with Gasteiger partial charge < -0.3 is 15.2 Å². The van der Waals surface area contributed by atoms with E-state index in [1.165, 1.54) is 0 Å². The third-order valence-corrected chi connectivity index (χ3v) is 4.07. The Balaban J connectivity index is 2.02. The van der Waals surface area contributed by atoms with Crippen LogP contribution in [0.2, 0.25) is 10.0 Å². The van der Waals surface area contributed by atoms with E-state index in [1.807, 2.05) is 18.3 Å². The highest BCUT2D eigenvalue weighted by molar-refractivity contribution is 6.35. The van der Waals surface area contributed by atoms with Crippen molar-refractivity contribution in [3.05, 3.63) is 69.3 Å². The van der Waals surface area contributed by atoms with Crippen molar-refractivity contribution in [3.63, 3.8) is 0 Å². The molecule has 3 nitrogen and oxygen atoms in total. The molecule has 0 spiro atoms. The van der Waals surface area contributed by atoms with Crippen LogP contribution in [0.5, 0.6) is 0 Å². The van der Waals surface area contributed by atoms with Gasteiger partial charge in [0.15, 0.2) is 6.29 Å². The molecule has 2 aromatic carbocycles. The zero-order valence-corrected chi connectivity index (χ0v) is 12.5. The molecule has 0 aliphatic heterocycles. The van der Waals surface area contributed by atoms with Crippen LogP contribution < -0.4 is 0 Å². The number of halogens is 2. The lowest BCUT2D eigenvalue weighted by molar-refractivity contribution is -0.0423. The molecular formula is C16H13Cl2NO2. The zero-order chi connectivity index (χ0) is 15.0. The highest BCUT2D eigenvalue weighted by atomic mass is 35.5. The first kappa shape index (κ1) is 14.4. The Labute approximate surface area is 131 Å². The maximum absolute atomic E-state index is 9.29. The van der Waals surface area contributed by atoms with Crippen LogP contribution in [0.3, 0.4) is 0 Å².